The van der Waals surface area contributed by atoms with Crippen molar-refractivity contribution in [2.24, 2.45) is 23.2 Å². The highest BCUT2D eigenvalue weighted by Crippen LogP contribution is 2.67. The van der Waals surface area contributed by atoms with Crippen molar-refractivity contribution in [3.63, 3.8) is 0 Å². The van der Waals surface area contributed by atoms with Crippen LogP contribution in [0.25, 0.3) is 0 Å². The van der Waals surface area contributed by atoms with Crippen molar-refractivity contribution < 1.29 is 38.0 Å². The largest absolute Gasteiger partial charge is 0.407 e. The molecule has 1 spiro atoms. The molecule has 2 saturated carbocycles. The van der Waals surface area contributed by atoms with E-state index in [1.54, 1.807) is 0 Å². The normalized spacial score (nSPS) is 32.0. The highest BCUT2D eigenvalue weighted by atomic mass is 127. The molecule has 0 aromatic heterocycles. The summed E-state index contributed by atoms with van der Waals surface area (Å²) in [5.74, 6) is 0.0936. The average Bonchev–Trinajstić information content (AvgIpc) is 3.71. The van der Waals surface area contributed by atoms with Crippen LogP contribution in [0.5, 0.6) is 0 Å². The van der Waals surface area contributed by atoms with Crippen LogP contribution in [-0.4, -0.2) is 95.1 Å². The number of unbranched alkanes of at least 4 members (excludes halogenated alkanes) is 3. The zero-order valence-corrected chi connectivity index (χ0v) is 42.0. The molecule has 2 saturated heterocycles. The van der Waals surface area contributed by atoms with Crippen molar-refractivity contribution in [3.8, 4) is 0 Å². The van der Waals surface area contributed by atoms with E-state index in [9.17, 15) is 5.11 Å². The molecule has 11 heteroatoms. The minimum absolute atomic E-state index is 0.0303. The molecular formula is C48H77IO8Si2. The number of hydrogen-bond donors (Lipinski definition) is 1. The first-order valence-electron chi connectivity index (χ1n) is 22.8. The maximum atomic E-state index is 11.9. The van der Waals surface area contributed by atoms with Crippen molar-refractivity contribution in [2.45, 2.75) is 164 Å². The van der Waals surface area contributed by atoms with Gasteiger partial charge in [-0.1, -0.05) is 143 Å². The van der Waals surface area contributed by atoms with Crippen LogP contribution in [0.15, 0.2) is 60.7 Å². The van der Waals surface area contributed by atoms with Crippen LogP contribution in [0.4, 0.5) is 0 Å². The quantitative estimate of drug-likeness (QED) is 0.0462. The first-order valence-corrected chi connectivity index (χ1v) is 29.7. The first-order chi connectivity index (χ1) is 28.0. The highest BCUT2D eigenvalue weighted by Gasteiger charge is 2.75. The average molecular weight is 965 g/mol. The molecule has 332 valence electrons. The Bertz CT molecular complexity index is 1550. The second kappa shape index (κ2) is 20.0. The second-order valence-corrected chi connectivity index (χ2v) is 32.0. The molecule has 1 N–H and O–H groups in total. The van der Waals surface area contributed by atoms with Gasteiger partial charge in [0.2, 0.25) is 0 Å². The molecule has 6 rings (SSSR count). The summed E-state index contributed by atoms with van der Waals surface area (Å²) < 4.78 is 46.5. The van der Waals surface area contributed by atoms with Gasteiger partial charge in [0.25, 0.3) is 8.32 Å². The predicted octanol–water partition coefficient (Wildman–Crippen LogP) is 9.71. The number of aliphatic hydroxyl groups excluding tert-OH is 1. The minimum atomic E-state index is -2.56. The number of rotatable bonds is 20. The summed E-state index contributed by atoms with van der Waals surface area (Å²) in [6.07, 6.45) is 7.56. The number of ether oxygens (including phenoxy) is 6. The summed E-state index contributed by atoms with van der Waals surface area (Å²) >= 11 is 2.75. The molecule has 4 aliphatic rings. The summed E-state index contributed by atoms with van der Waals surface area (Å²) in [6, 6.07) is 23.1. The van der Waals surface area contributed by atoms with E-state index < -0.39 is 39.3 Å². The van der Waals surface area contributed by atoms with Gasteiger partial charge in [0.1, 0.15) is 12.4 Å². The fourth-order valence-corrected chi connectivity index (χ4v) is 18.8. The molecule has 2 aromatic carbocycles. The Morgan fingerprint density at radius 1 is 0.831 bits per heavy atom. The third-order valence-electron chi connectivity index (χ3n) is 13.9. The Hall–Kier alpha value is -0.716. The van der Waals surface area contributed by atoms with E-state index in [1.807, 2.05) is 6.92 Å². The van der Waals surface area contributed by atoms with Gasteiger partial charge < -0.3 is 38.0 Å². The van der Waals surface area contributed by atoms with Gasteiger partial charge in [-0.3, -0.25) is 0 Å². The molecule has 2 bridgehead atoms. The molecule has 8 nitrogen and oxygen atoms in total. The summed E-state index contributed by atoms with van der Waals surface area (Å²) in [5.41, 5.74) is -1.01. The lowest BCUT2D eigenvalue weighted by Crippen LogP contribution is -2.68. The summed E-state index contributed by atoms with van der Waals surface area (Å²) in [6.45, 7) is 23.9. The van der Waals surface area contributed by atoms with E-state index in [1.165, 1.54) is 10.4 Å². The second-order valence-electron chi connectivity index (χ2n) is 20.7. The monoisotopic (exact) mass is 964 g/mol. The highest BCUT2D eigenvalue weighted by molar-refractivity contribution is 14.1. The molecule has 0 amide bonds. The van der Waals surface area contributed by atoms with E-state index in [-0.39, 0.29) is 27.3 Å². The van der Waals surface area contributed by atoms with Crippen molar-refractivity contribution in [3.05, 3.63) is 60.7 Å². The molecule has 4 fully saturated rings. The molecule has 0 radical (unpaired) electrons. The van der Waals surface area contributed by atoms with Crippen LogP contribution in [0.1, 0.15) is 99.3 Å². The SMILES string of the molecule is CCOC1C[C@@]2(CO1)C[C@@H](O)C[C@@H]1[C@H](CCOCOCC[Si](C)(C)C)[C@@H](CCCCCCO[Si](c3ccccc3)(c3ccccc3)C(C)(C)C)[C@H](I)[C@]23OC(C)(C)O[C@H]13. The van der Waals surface area contributed by atoms with E-state index in [2.05, 4.69) is 138 Å². The molecular weight excluding hydrogens is 888 g/mol. The Labute approximate surface area is 372 Å². The van der Waals surface area contributed by atoms with E-state index in [0.717, 1.165) is 57.8 Å². The molecule has 59 heavy (non-hydrogen) atoms. The summed E-state index contributed by atoms with van der Waals surface area (Å²) in [7, 11) is -3.72. The lowest BCUT2D eigenvalue weighted by atomic mass is 9.54. The molecule has 2 heterocycles. The van der Waals surface area contributed by atoms with Gasteiger partial charge in [0.15, 0.2) is 12.1 Å². The molecule has 2 aromatic rings. The molecule has 1 unspecified atom stereocenters. The minimum Gasteiger partial charge on any atom is -0.407 e. The maximum absolute atomic E-state index is 11.9. The summed E-state index contributed by atoms with van der Waals surface area (Å²) in [5, 5.41) is 14.5. The number of hydrogen-bond acceptors (Lipinski definition) is 8. The molecule has 2 aliphatic carbocycles. The number of halogens is 1. The van der Waals surface area contributed by atoms with Crippen LogP contribution < -0.4 is 10.4 Å². The van der Waals surface area contributed by atoms with Crippen molar-refractivity contribution in [1.82, 2.24) is 0 Å². The number of alkyl halides is 1. The van der Waals surface area contributed by atoms with Crippen LogP contribution in [0.2, 0.25) is 30.7 Å². The molecule has 2 aliphatic heterocycles. The van der Waals surface area contributed by atoms with Crippen LogP contribution >= 0.6 is 22.6 Å². The Morgan fingerprint density at radius 3 is 2.10 bits per heavy atom. The lowest BCUT2D eigenvalue weighted by molar-refractivity contribution is -0.200. The predicted molar refractivity (Wildman–Crippen MR) is 251 cm³/mol. The number of benzene rings is 2. The van der Waals surface area contributed by atoms with Crippen molar-refractivity contribution in [2.75, 3.05) is 39.8 Å². The van der Waals surface area contributed by atoms with Gasteiger partial charge in [-0.05, 0) is 92.1 Å². The van der Waals surface area contributed by atoms with Gasteiger partial charge in [0.05, 0.1) is 18.8 Å². The Balaban J connectivity index is 1.17. The summed E-state index contributed by atoms with van der Waals surface area (Å²) in [4.78, 5) is 0. The van der Waals surface area contributed by atoms with Gasteiger partial charge >= 0.3 is 0 Å². The maximum Gasteiger partial charge on any atom is 0.261 e. The Morgan fingerprint density at radius 2 is 1.47 bits per heavy atom. The van der Waals surface area contributed by atoms with Gasteiger partial charge in [-0.15, -0.1) is 0 Å². The fourth-order valence-electron chi connectivity index (χ4n) is 11.4. The molecule has 9 atom stereocenters. The zero-order valence-electron chi connectivity index (χ0n) is 37.8. The van der Waals surface area contributed by atoms with Crippen LogP contribution in [0, 0.1) is 23.2 Å². The topological polar surface area (TPSA) is 84.8 Å². The smallest absolute Gasteiger partial charge is 0.261 e. The van der Waals surface area contributed by atoms with E-state index >= 15 is 0 Å². The standard InChI is InChI=1S/C48H77IO8Si2/c1-10-53-42-33-47(34-54-42)32-36(50)31-41-39(26-28-51-35-52-29-30-58(7,8)9)40(43(49)48(47)44(41)56-46(5,6)57-48)25-19-11-12-20-27-55-59(45(2,3)4,37-21-15-13-16-22-37)38-23-17-14-18-24-38/h13-18,21-24,36,39-44,50H,10-12,19-20,25-35H2,1-9H3/t36-,39+,40+,41+,42?,43-,44+,47+,48+/m0/s1. The van der Waals surface area contributed by atoms with E-state index in [4.69, 9.17) is 32.8 Å². The first kappa shape index (κ1) is 47.8. The van der Waals surface area contributed by atoms with Crippen molar-refractivity contribution >= 4 is 49.4 Å². The van der Waals surface area contributed by atoms with Crippen LogP contribution in [-0.2, 0) is 32.8 Å². The third kappa shape index (κ3) is 10.5. The number of aliphatic hydroxyl groups is 1. The third-order valence-corrected chi connectivity index (χ3v) is 22.5. The van der Waals surface area contributed by atoms with E-state index in [0.29, 0.717) is 57.7 Å². The van der Waals surface area contributed by atoms with Crippen molar-refractivity contribution in [1.29, 1.82) is 0 Å². The van der Waals surface area contributed by atoms with Gasteiger partial charge in [0, 0.05) is 50.3 Å². The van der Waals surface area contributed by atoms with Gasteiger partial charge in [-0.2, -0.15) is 0 Å². The lowest BCUT2D eigenvalue weighted by Gasteiger charge is -2.57. The fraction of sp³-hybridized carbons (Fsp3) is 0.750. The Kier molecular flexibility index (Phi) is 16.2. The zero-order chi connectivity index (χ0) is 42.5. The van der Waals surface area contributed by atoms with Crippen LogP contribution in [0.3, 0.4) is 0 Å². The van der Waals surface area contributed by atoms with Gasteiger partial charge in [-0.25, -0.2) is 0 Å².